The van der Waals surface area contributed by atoms with E-state index in [1.54, 1.807) is 0 Å². The molecule has 0 amide bonds. The van der Waals surface area contributed by atoms with E-state index in [2.05, 4.69) is 44.8 Å². The molecule has 1 N–H and O–H groups in total. The molecule has 1 rings (SSSR count). The average molecular weight is 226 g/mol. The fourth-order valence-electron chi connectivity index (χ4n) is 2.90. The van der Waals surface area contributed by atoms with Crippen molar-refractivity contribution in [2.24, 2.45) is 5.41 Å². The summed E-state index contributed by atoms with van der Waals surface area (Å²) >= 11 is 0. The quantitative estimate of drug-likeness (QED) is 0.749. The Morgan fingerprint density at radius 3 is 2.38 bits per heavy atom. The standard InChI is InChI=1S/C14H30N2/c1-6-16(7-2)11-12(3)15-13-9-8-10-14(13,4)5/h12-13,15H,6-11H2,1-5H3. The SMILES string of the molecule is CCN(CC)CC(C)NC1CCCC1(C)C. The largest absolute Gasteiger partial charge is 0.310 e. The second-order valence-corrected chi connectivity index (χ2v) is 5.99. The Morgan fingerprint density at radius 2 is 1.94 bits per heavy atom. The second-order valence-electron chi connectivity index (χ2n) is 5.99. The van der Waals surface area contributed by atoms with Crippen LogP contribution >= 0.6 is 0 Å². The topological polar surface area (TPSA) is 15.3 Å². The lowest BCUT2D eigenvalue weighted by molar-refractivity contribution is 0.221. The van der Waals surface area contributed by atoms with Gasteiger partial charge in [-0.1, -0.05) is 34.1 Å². The van der Waals surface area contributed by atoms with Crippen molar-refractivity contribution in [3.8, 4) is 0 Å². The molecule has 0 spiro atoms. The Hall–Kier alpha value is -0.0800. The molecule has 1 aliphatic carbocycles. The van der Waals surface area contributed by atoms with Crippen LogP contribution in [0.5, 0.6) is 0 Å². The maximum absolute atomic E-state index is 3.83. The molecule has 2 heteroatoms. The van der Waals surface area contributed by atoms with Crippen LogP contribution in [0.25, 0.3) is 0 Å². The van der Waals surface area contributed by atoms with E-state index in [4.69, 9.17) is 0 Å². The summed E-state index contributed by atoms with van der Waals surface area (Å²) in [5.74, 6) is 0. The van der Waals surface area contributed by atoms with Gasteiger partial charge in [-0.05, 0) is 38.3 Å². The zero-order valence-corrected chi connectivity index (χ0v) is 11.8. The minimum atomic E-state index is 0.498. The van der Waals surface area contributed by atoms with Crippen molar-refractivity contribution in [1.29, 1.82) is 0 Å². The molecule has 96 valence electrons. The van der Waals surface area contributed by atoms with Crippen molar-refractivity contribution in [1.82, 2.24) is 10.2 Å². The Morgan fingerprint density at radius 1 is 1.31 bits per heavy atom. The van der Waals surface area contributed by atoms with E-state index in [0.29, 0.717) is 11.5 Å². The number of nitrogens with one attached hydrogen (secondary N) is 1. The van der Waals surface area contributed by atoms with E-state index >= 15 is 0 Å². The lowest BCUT2D eigenvalue weighted by Gasteiger charge is -2.32. The highest BCUT2D eigenvalue weighted by molar-refractivity contribution is 4.91. The van der Waals surface area contributed by atoms with Crippen LogP contribution in [0.3, 0.4) is 0 Å². The summed E-state index contributed by atoms with van der Waals surface area (Å²) in [5, 5.41) is 3.83. The van der Waals surface area contributed by atoms with Gasteiger partial charge in [0.1, 0.15) is 0 Å². The molecule has 2 unspecified atom stereocenters. The third-order valence-corrected chi connectivity index (χ3v) is 4.17. The zero-order chi connectivity index (χ0) is 12.2. The average Bonchev–Trinajstić information content (AvgIpc) is 2.55. The van der Waals surface area contributed by atoms with Crippen LogP contribution in [-0.4, -0.2) is 36.6 Å². The summed E-state index contributed by atoms with van der Waals surface area (Å²) in [6.07, 6.45) is 4.13. The number of hydrogen-bond acceptors (Lipinski definition) is 2. The van der Waals surface area contributed by atoms with Gasteiger partial charge in [-0.2, -0.15) is 0 Å². The molecule has 0 aromatic carbocycles. The van der Waals surface area contributed by atoms with Crippen LogP contribution in [0.2, 0.25) is 0 Å². The van der Waals surface area contributed by atoms with Gasteiger partial charge in [-0.3, -0.25) is 0 Å². The van der Waals surface area contributed by atoms with E-state index in [0.717, 1.165) is 19.1 Å². The predicted molar refractivity (Wildman–Crippen MR) is 71.8 cm³/mol. The van der Waals surface area contributed by atoms with E-state index in [-0.39, 0.29) is 0 Å². The van der Waals surface area contributed by atoms with Crippen molar-refractivity contribution in [3.05, 3.63) is 0 Å². The highest BCUT2D eigenvalue weighted by atomic mass is 15.1. The van der Waals surface area contributed by atoms with Crippen LogP contribution in [0.15, 0.2) is 0 Å². The highest BCUT2D eigenvalue weighted by Gasteiger charge is 2.34. The molecule has 1 fully saturated rings. The molecule has 0 aliphatic heterocycles. The lowest BCUT2D eigenvalue weighted by Crippen LogP contribution is -2.47. The zero-order valence-electron chi connectivity index (χ0n) is 11.8. The van der Waals surface area contributed by atoms with Gasteiger partial charge in [0.25, 0.3) is 0 Å². The lowest BCUT2D eigenvalue weighted by atomic mass is 9.87. The van der Waals surface area contributed by atoms with E-state index in [9.17, 15) is 0 Å². The van der Waals surface area contributed by atoms with Crippen LogP contribution in [0, 0.1) is 5.41 Å². The Labute approximate surface area is 102 Å². The number of nitrogens with zero attached hydrogens (tertiary/aromatic N) is 1. The predicted octanol–water partition coefficient (Wildman–Crippen LogP) is 2.89. The molecule has 0 aromatic heterocycles. The number of likely N-dealkylation sites (N-methyl/N-ethyl adjacent to an activating group) is 1. The normalized spacial score (nSPS) is 26.2. The van der Waals surface area contributed by atoms with Crippen LogP contribution < -0.4 is 5.32 Å². The molecule has 0 bridgehead atoms. The maximum atomic E-state index is 3.83. The Bertz CT molecular complexity index is 197. The van der Waals surface area contributed by atoms with E-state index < -0.39 is 0 Å². The first-order chi connectivity index (χ1) is 7.49. The van der Waals surface area contributed by atoms with Crippen LogP contribution in [-0.2, 0) is 0 Å². The maximum Gasteiger partial charge on any atom is 0.0169 e. The molecule has 1 aliphatic rings. The fraction of sp³-hybridized carbons (Fsp3) is 1.00. The molecule has 2 nitrogen and oxygen atoms in total. The van der Waals surface area contributed by atoms with Gasteiger partial charge in [-0.15, -0.1) is 0 Å². The summed E-state index contributed by atoms with van der Waals surface area (Å²) in [7, 11) is 0. The molecular weight excluding hydrogens is 196 g/mol. The van der Waals surface area contributed by atoms with Crippen molar-refractivity contribution in [2.75, 3.05) is 19.6 Å². The minimum absolute atomic E-state index is 0.498. The Kier molecular flexibility index (Phi) is 5.26. The summed E-state index contributed by atoms with van der Waals surface area (Å²) in [4.78, 5) is 2.50. The van der Waals surface area contributed by atoms with Crippen molar-refractivity contribution >= 4 is 0 Å². The summed E-state index contributed by atoms with van der Waals surface area (Å²) in [6, 6.07) is 1.33. The van der Waals surface area contributed by atoms with Gasteiger partial charge in [0.15, 0.2) is 0 Å². The molecule has 0 heterocycles. The second kappa shape index (κ2) is 6.02. The third kappa shape index (κ3) is 3.74. The monoisotopic (exact) mass is 226 g/mol. The fourth-order valence-corrected chi connectivity index (χ4v) is 2.90. The molecule has 0 aromatic rings. The van der Waals surface area contributed by atoms with Crippen LogP contribution in [0.1, 0.15) is 53.9 Å². The Balaban J connectivity index is 2.36. The first-order valence-corrected chi connectivity index (χ1v) is 6.98. The van der Waals surface area contributed by atoms with Gasteiger partial charge >= 0.3 is 0 Å². The third-order valence-electron chi connectivity index (χ3n) is 4.17. The first kappa shape index (κ1) is 14.0. The number of rotatable bonds is 6. The van der Waals surface area contributed by atoms with Gasteiger partial charge in [-0.25, -0.2) is 0 Å². The highest BCUT2D eigenvalue weighted by Crippen LogP contribution is 2.37. The van der Waals surface area contributed by atoms with Gasteiger partial charge in [0.05, 0.1) is 0 Å². The smallest absolute Gasteiger partial charge is 0.0169 e. The molecule has 16 heavy (non-hydrogen) atoms. The van der Waals surface area contributed by atoms with Gasteiger partial charge < -0.3 is 10.2 Å². The van der Waals surface area contributed by atoms with E-state index in [1.165, 1.54) is 25.8 Å². The first-order valence-electron chi connectivity index (χ1n) is 6.98. The molecular formula is C14H30N2. The number of hydrogen-bond donors (Lipinski definition) is 1. The summed E-state index contributed by atoms with van der Waals surface area (Å²) < 4.78 is 0. The van der Waals surface area contributed by atoms with Gasteiger partial charge in [0, 0.05) is 18.6 Å². The molecule has 0 saturated heterocycles. The van der Waals surface area contributed by atoms with Crippen molar-refractivity contribution in [3.63, 3.8) is 0 Å². The summed E-state index contributed by atoms with van der Waals surface area (Å²) in [6.45, 7) is 15.1. The minimum Gasteiger partial charge on any atom is -0.310 e. The molecule has 0 radical (unpaired) electrons. The van der Waals surface area contributed by atoms with Crippen LogP contribution in [0.4, 0.5) is 0 Å². The van der Waals surface area contributed by atoms with Crippen molar-refractivity contribution < 1.29 is 0 Å². The van der Waals surface area contributed by atoms with Gasteiger partial charge in [0.2, 0.25) is 0 Å². The van der Waals surface area contributed by atoms with E-state index in [1.807, 2.05) is 0 Å². The van der Waals surface area contributed by atoms with Crippen molar-refractivity contribution in [2.45, 2.75) is 66.0 Å². The molecule has 2 atom stereocenters. The summed E-state index contributed by atoms with van der Waals surface area (Å²) in [5.41, 5.74) is 0.498. The molecule has 1 saturated carbocycles.